The predicted molar refractivity (Wildman–Crippen MR) is 209 cm³/mol. The fourth-order valence-corrected chi connectivity index (χ4v) is 5.03. The number of aliphatic hydroxyl groups is 1. The Balaban J connectivity index is 0.000000910. The Morgan fingerprint density at radius 1 is 0.709 bits per heavy atom. The van der Waals surface area contributed by atoms with Crippen LogP contribution < -0.4 is 14.8 Å². The van der Waals surface area contributed by atoms with E-state index in [2.05, 4.69) is 23.5 Å². The number of aliphatic imine (C=N–C) groups is 1. The highest BCUT2D eigenvalue weighted by Gasteiger charge is 2.30. The van der Waals surface area contributed by atoms with Crippen molar-refractivity contribution in [1.82, 2.24) is 5.32 Å². The molecule has 2 N–H and O–H groups in total. The first-order chi connectivity index (χ1) is 26.1. The zero-order valence-electron chi connectivity index (χ0n) is 33.0. The number of alkyl carbamates (subject to hydrolysis) is 1. The minimum atomic E-state index is -2.43. The third-order valence-corrected chi connectivity index (χ3v) is 12.1. The molecule has 0 aliphatic rings. The first-order valence-corrected chi connectivity index (χ1v) is 22.0. The van der Waals surface area contributed by atoms with Crippen molar-refractivity contribution in [3.63, 3.8) is 0 Å². The smallest absolute Gasteiger partial charge is 0.407 e. The van der Waals surface area contributed by atoms with E-state index in [0.29, 0.717) is 28.8 Å². The summed E-state index contributed by atoms with van der Waals surface area (Å²) < 4.78 is 46.8. The quantitative estimate of drug-likeness (QED) is 0.0429. The average molecular weight is 809 g/mol. The van der Waals surface area contributed by atoms with Gasteiger partial charge in [-0.1, -0.05) is 49.6 Å². The molecule has 306 valence electrons. The molecule has 0 heterocycles. The maximum atomic E-state index is 12.0. The van der Waals surface area contributed by atoms with Gasteiger partial charge in [-0.3, -0.25) is 0 Å². The summed E-state index contributed by atoms with van der Waals surface area (Å²) in [5.74, 6) is -0.0227. The third-order valence-electron chi connectivity index (χ3n) is 7.13. The minimum absolute atomic E-state index is 0.0143. The molecule has 2 atom stereocenters. The molecule has 55 heavy (non-hydrogen) atoms. The van der Waals surface area contributed by atoms with E-state index in [-0.39, 0.29) is 45.1 Å². The van der Waals surface area contributed by atoms with E-state index >= 15 is 0 Å². The molecular formula is C37H56N2O14Si2. The minimum Gasteiger partial charge on any atom is -0.493 e. The molecule has 2 rings (SSSR count). The maximum absolute atomic E-state index is 12.0. The van der Waals surface area contributed by atoms with E-state index in [1.807, 2.05) is 61.6 Å². The third kappa shape index (κ3) is 24.4. The zero-order chi connectivity index (χ0) is 41.7. The second-order valence-electron chi connectivity index (χ2n) is 12.0. The lowest BCUT2D eigenvalue weighted by Crippen LogP contribution is -2.49. The van der Waals surface area contributed by atoms with Crippen molar-refractivity contribution in [2.45, 2.75) is 33.0 Å². The molecule has 0 aromatic heterocycles. The van der Waals surface area contributed by atoms with E-state index in [0.717, 1.165) is 0 Å². The molecule has 2 unspecified atom stereocenters. The molecule has 0 bridgehead atoms. The molecule has 0 radical (unpaired) electrons. The fourth-order valence-electron chi connectivity index (χ4n) is 3.34. The summed E-state index contributed by atoms with van der Waals surface area (Å²) in [4.78, 5) is 47.7. The van der Waals surface area contributed by atoms with Crippen molar-refractivity contribution in [3.05, 3.63) is 85.0 Å². The standard InChI is InChI=1S/C19H29NO7Si.C13H16O4.C5H11NO3Si/c1-15(2)18(21)26-12-16(11-25-17-9-7-6-8-10-17)13-27-19(22)20-14-28(5,23-3)24-4;1-10(2)13(15)17-9-11(14)8-16-12-6-4-3-5-7-12;1-8-10(3,9-2)5-6-4-7/h6-10,16H,1,11-14H2,2-5H3,(H,20,22);3-7,11,14H,1,8-9H2,2H3;5H2,1-3H3. The highest BCUT2D eigenvalue weighted by atomic mass is 28.4. The van der Waals surface area contributed by atoms with Crippen molar-refractivity contribution in [1.29, 1.82) is 0 Å². The van der Waals surface area contributed by atoms with Gasteiger partial charge in [0.1, 0.15) is 44.0 Å². The summed E-state index contributed by atoms with van der Waals surface area (Å²) in [5, 5.41) is 12.1. The summed E-state index contributed by atoms with van der Waals surface area (Å²) in [5.41, 5.74) is 0.603. The number of nitrogens with one attached hydrogen (secondary N) is 1. The molecule has 0 spiro atoms. The van der Waals surface area contributed by atoms with Crippen LogP contribution in [-0.4, -0.2) is 126 Å². The number of ether oxygens (including phenoxy) is 5. The summed E-state index contributed by atoms with van der Waals surface area (Å²) in [7, 11) is 1.60. The summed E-state index contributed by atoms with van der Waals surface area (Å²) in [6.45, 7) is 14.0. The van der Waals surface area contributed by atoms with Crippen LogP contribution in [0.2, 0.25) is 13.1 Å². The Morgan fingerprint density at radius 3 is 1.58 bits per heavy atom. The second-order valence-corrected chi connectivity index (χ2v) is 18.8. The van der Waals surface area contributed by atoms with E-state index in [9.17, 15) is 24.3 Å². The Hall–Kier alpha value is -4.66. The normalized spacial score (nSPS) is 11.7. The topological polar surface area (TPSA) is 196 Å². The zero-order valence-corrected chi connectivity index (χ0v) is 35.0. The molecule has 1 amide bonds. The molecule has 0 fully saturated rings. The summed E-state index contributed by atoms with van der Waals surface area (Å²) >= 11 is 0. The summed E-state index contributed by atoms with van der Waals surface area (Å²) in [6.07, 6.45) is 0.539. The van der Waals surface area contributed by atoms with Crippen molar-refractivity contribution in [2.75, 3.05) is 73.8 Å². The molecular weight excluding hydrogens is 753 g/mol. The van der Waals surface area contributed by atoms with Crippen LogP contribution in [0.25, 0.3) is 0 Å². The van der Waals surface area contributed by atoms with Crippen LogP contribution >= 0.6 is 0 Å². The van der Waals surface area contributed by atoms with Crippen LogP contribution in [0.5, 0.6) is 11.5 Å². The lowest BCUT2D eigenvalue weighted by Gasteiger charge is -2.23. The van der Waals surface area contributed by atoms with E-state index in [1.165, 1.54) is 20.3 Å². The van der Waals surface area contributed by atoms with E-state index in [4.69, 9.17) is 41.4 Å². The maximum Gasteiger partial charge on any atom is 0.407 e. The van der Waals surface area contributed by atoms with Crippen LogP contribution in [0.3, 0.4) is 0 Å². The van der Waals surface area contributed by atoms with Gasteiger partial charge in [-0.05, 0) is 51.2 Å². The van der Waals surface area contributed by atoms with Crippen LogP contribution in [0.4, 0.5) is 4.79 Å². The van der Waals surface area contributed by atoms with Gasteiger partial charge in [0.25, 0.3) is 0 Å². The van der Waals surface area contributed by atoms with Gasteiger partial charge in [0, 0.05) is 39.6 Å². The van der Waals surface area contributed by atoms with Gasteiger partial charge < -0.3 is 51.8 Å². The van der Waals surface area contributed by atoms with E-state index in [1.54, 1.807) is 40.2 Å². The lowest BCUT2D eigenvalue weighted by molar-refractivity contribution is -0.142. The Bertz CT molecular complexity index is 1470. The Morgan fingerprint density at radius 2 is 1.15 bits per heavy atom. The van der Waals surface area contributed by atoms with E-state index < -0.39 is 41.3 Å². The number of nitrogens with zero attached hydrogens (tertiary/aromatic N) is 1. The van der Waals surface area contributed by atoms with Crippen LogP contribution in [0.15, 0.2) is 90.0 Å². The Kier molecular flexibility index (Phi) is 26.3. The SMILES string of the molecule is C=C(C)C(=O)OCC(COC(=O)NC[Si](C)(OC)OC)COc1ccccc1.C=C(C)C(=O)OCC(O)COc1ccccc1.CO[Si](C)(CN=C=O)OC. The van der Waals surface area contributed by atoms with Crippen LogP contribution in [0, 0.1) is 5.92 Å². The number of isocyanates is 1. The number of hydrogen-bond acceptors (Lipinski definition) is 15. The number of carbonyl (C=O) groups is 3. The monoisotopic (exact) mass is 808 g/mol. The highest BCUT2D eigenvalue weighted by molar-refractivity contribution is 6.66. The second kappa shape index (κ2) is 28.7. The Labute approximate surface area is 325 Å². The van der Waals surface area contributed by atoms with Crippen molar-refractivity contribution < 1.29 is 65.7 Å². The van der Waals surface area contributed by atoms with Crippen molar-refractivity contribution >= 4 is 41.2 Å². The first-order valence-electron chi connectivity index (χ1n) is 16.9. The van der Waals surface area contributed by atoms with Crippen LogP contribution in [-0.2, 0) is 46.3 Å². The van der Waals surface area contributed by atoms with Gasteiger partial charge in [0.2, 0.25) is 6.08 Å². The van der Waals surface area contributed by atoms with Gasteiger partial charge in [0.05, 0.1) is 24.9 Å². The number of amides is 1. The number of carbonyl (C=O) groups excluding carboxylic acids is 4. The fraction of sp³-hybridized carbons (Fsp3) is 0.459. The molecule has 2 aromatic rings. The van der Waals surface area contributed by atoms with Crippen LogP contribution in [0.1, 0.15) is 13.8 Å². The average Bonchev–Trinajstić information content (AvgIpc) is 3.20. The first kappa shape index (κ1) is 50.3. The number of rotatable bonds is 22. The predicted octanol–water partition coefficient (Wildman–Crippen LogP) is 4.20. The molecule has 2 aromatic carbocycles. The number of benzene rings is 2. The molecule has 16 nitrogen and oxygen atoms in total. The number of hydrogen-bond donors (Lipinski definition) is 2. The molecule has 0 aliphatic heterocycles. The number of aliphatic hydroxyl groups excluding tert-OH is 1. The largest absolute Gasteiger partial charge is 0.493 e. The van der Waals surface area contributed by atoms with Crippen molar-refractivity contribution in [2.24, 2.45) is 10.9 Å². The summed E-state index contributed by atoms with van der Waals surface area (Å²) in [6, 6.07) is 18.3. The lowest BCUT2D eigenvalue weighted by atomic mass is 10.2. The van der Waals surface area contributed by atoms with Crippen molar-refractivity contribution in [3.8, 4) is 11.5 Å². The van der Waals surface area contributed by atoms with Gasteiger partial charge in [0.15, 0.2) is 0 Å². The highest BCUT2D eigenvalue weighted by Crippen LogP contribution is 2.12. The number of para-hydroxylation sites is 2. The van der Waals surface area contributed by atoms with Gasteiger partial charge in [-0.25, -0.2) is 24.2 Å². The number of esters is 2. The van der Waals surface area contributed by atoms with Gasteiger partial charge >= 0.3 is 35.2 Å². The molecule has 0 saturated heterocycles. The molecule has 0 saturated carbocycles. The van der Waals surface area contributed by atoms with Gasteiger partial charge in [-0.2, -0.15) is 0 Å². The molecule has 18 heteroatoms. The molecule has 0 aliphatic carbocycles. The van der Waals surface area contributed by atoms with Gasteiger partial charge in [-0.15, -0.1) is 0 Å².